The molecular formula is C12H17NO2S. The van der Waals surface area contributed by atoms with Crippen molar-refractivity contribution in [2.45, 2.75) is 12.8 Å². The van der Waals surface area contributed by atoms with Crippen molar-refractivity contribution in [3.05, 3.63) is 29.8 Å². The Morgan fingerprint density at radius 1 is 1.44 bits per heavy atom. The average molecular weight is 239 g/mol. The van der Waals surface area contributed by atoms with Gasteiger partial charge in [-0.1, -0.05) is 18.2 Å². The molecule has 4 heteroatoms. The highest BCUT2D eigenvalue weighted by atomic mass is 32.1. The third-order valence-corrected chi connectivity index (χ3v) is 2.43. The molecule has 0 aromatic heterocycles. The lowest BCUT2D eigenvalue weighted by Gasteiger charge is -2.10. The van der Waals surface area contributed by atoms with E-state index >= 15 is 0 Å². The van der Waals surface area contributed by atoms with Gasteiger partial charge in [-0.2, -0.15) is 12.6 Å². The number of hydrogen-bond donors (Lipinski definition) is 2. The molecule has 0 atom stereocenters. The summed E-state index contributed by atoms with van der Waals surface area (Å²) in [5, 5.41) is 2.88. The van der Waals surface area contributed by atoms with Gasteiger partial charge in [-0.05, 0) is 23.8 Å². The normalized spacial score (nSPS) is 10.1. The number of anilines is 1. The molecule has 1 aromatic carbocycles. The summed E-state index contributed by atoms with van der Waals surface area (Å²) >= 11 is 4.03. The van der Waals surface area contributed by atoms with Crippen molar-refractivity contribution in [2.24, 2.45) is 0 Å². The minimum absolute atomic E-state index is 0.000123. The van der Waals surface area contributed by atoms with Crippen molar-refractivity contribution in [3.63, 3.8) is 0 Å². The number of carbonyl (C=O) groups excluding carboxylic acids is 1. The Hall–Kier alpha value is -1.000. The number of hydrogen-bond acceptors (Lipinski definition) is 3. The van der Waals surface area contributed by atoms with E-state index in [4.69, 9.17) is 4.74 Å². The Morgan fingerprint density at radius 3 is 2.88 bits per heavy atom. The first-order chi connectivity index (χ1) is 7.77. The fourth-order valence-corrected chi connectivity index (χ4v) is 1.59. The van der Waals surface area contributed by atoms with Crippen LogP contribution >= 0.6 is 12.6 Å². The van der Waals surface area contributed by atoms with Gasteiger partial charge in [-0.15, -0.1) is 0 Å². The molecule has 0 heterocycles. The minimum atomic E-state index is -0.000123. The average Bonchev–Trinajstić information content (AvgIpc) is 2.28. The van der Waals surface area contributed by atoms with Gasteiger partial charge in [0.15, 0.2) is 0 Å². The topological polar surface area (TPSA) is 38.3 Å². The second-order valence-corrected chi connectivity index (χ2v) is 3.87. The van der Waals surface area contributed by atoms with Crippen LogP contribution in [0.25, 0.3) is 0 Å². The fraction of sp³-hybridized carbons (Fsp3) is 0.417. The largest absolute Gasteiger partial charge is 0.384 e. The highest BCUT2D eigenvalue weighted by Crippen LogP contribution is 2.15. The molecule has 1 aromatic rings. The van der Waals surface area contributed by atoms with Crippen LogP contribution in [0.2, 0.25) is 0 Å². The van der Waals surface area contributed by atoms with Gasteiger partial charge in [0.2, 0.25) is 5.91 Å². The van der Waals surface area contributed by atoms with Gasteiger partial charge in [-0.25, -0.2) is 0 Å². The number of ether oxygens (including phenoxy) is 1. The molecule has 0 aliphatic heterocycles. The molecule has 0 aliphatic rings. The highest BCUT2D eigenvalue weighted by molar-refractivity contribution is 7.80. The van der Waals surface area contributed by atoms with Crippen molar-refractivity contribution >= 4 is 24.2 Å². The minimum Gasteiger partial charge on any atom is -0.384 e. The Kier molecular flexibility index (Phi) is 5.96. The first kappa shape index (κ1) is 13.1. The summed E-state index contributed by atoms with van der Waals surface area (Å²) < 4.78 is 5.03. The number of benzene rings is 1. The summed E-state index contributed by atoms with van der Waals surface area (Å²) in [5.74, 6) is 0.561. The van der Waals surface area contributed by atoms with E-state index in [0.29, 0.717) is 18.8 Å². The van der Waals surface area contributed by atoms with Gasteiger partial charge in [0, 0.05) is 19.2 Å². The molecule has 0 radical (unpaired) electrons. The third-order valence-electron chi connectivity index (χ3n) is 2.21. The zero-order chi connectivity index (χ0) is 11.8. The first-order valence-corrected chi connectivity index (χ1v) is 5.88. The maximum Gasteiger partial charge on any atom is 0.225 e. The van der Waals surface area contributed by atoms with Crippen LogP contribution in [0.5, 0.6) is 0 Å². The Labute approximate surface area is 102 Å². The molecule has 0 bridgehead atoms. The molecule has 0 fully saturated rings. The standard InChI is InChI=1S/C12H17NO2S/c1-15-8-6-10-4-2-3-5-11(10)13-12(14)7-9-16/h2-5,16H,6-9H2,1H3,(H,13,14). The summed E-state index contributed by atoms with van der Waals surface area (Å²) in [6, 6.07) is 7.77. The lowest BCUT2D eigenvalue weighted by Crippen LogP contribution is -2.13. The second kappa shape index (κ2) is 7.30. The van der Waals surface area contributed by atoms with Crippen LogP contribution in [-0.4, -0.2) is 25.4 Å². The first-order valence-electron chi connectivity index (χ1n) is 5.25. The van der Waals surface area contributed by atoms with Gasteiger partial charge >= 0.3 is 0 Å². The van der Waals surface area contributed by atoms with Crippen LogP contribution in [0.4, 0.5) is 5.69 Å². The monoisotopic (exact) mass is 239 g/mol. The second-order valence-electron chi connectivity index (χ2n) is 3.42. The van der Waals surface area contributed by atoms with E-state index in [1.165, 1.54) is 0 Å². The predicted octanol–water partition coefficient (Wildman–Crippen LogP) is 2.13. The Balaban J connectivity index is 2.66. The van der Waals surface area contributed by atoms with Crippen LogP contribution in [0, 0.1) is 0 Å². The zero-order valence-corrected chi connectivity index (χ0v) is 10.3. The number of carbonyl (C=O) groups is 1. The molecule has 0 spiro atoms. The van der Waals surface area contributed by atoms with E-state index < -0.39 is 0 Å². The quantitative estimate of drug-likeness (QED) is 0.746. The third kappa shape index (κ3) is 4.24. The lowest BCUT2D eigenvalue weighted by atomic mass is 10.1. The molecule has 0 saturated heterocycles. The van der Waals surface area contributed by atoms with Crippen molar-refractivity contribution in [1.82, 2.24) is 0 Å². The highest BCUT2D eigenvalue weighted by Gasteiger charge is 2.05. The molecule has 0 saturated carbocycles. The predicted molar refractivity (Wildman–Crippen MR) is 69.1 cm³/mol. The Morgan fingerprint density at radius 2 is 2.19 bits per heavy atom. The van der Waals surface area contributed by atoms with Crippen molar-refractivity contribution in [3.8, 4) is 0 Å². The van der Waals surface area contributed by atoms with Gasteiger partial charge in [0.1, 0.15) is 0 Å². The lowest BCUT2D eigenvalue weighted by molar-refractivity contribution is -0.115. The van der Waals surface area contributed by atoms with Gasteiger partial charge in [-0.3, -0.25) is 4.79 Å². The van der Waals surface area contributed by atoms with E-state index in [2.05, 4.69) is 17.9 Å². The smallest absolute Gasteiger partial charge is 0.225 e. The maximum absolute atomic E-state index is 11.4. The van der Waals surface area contributed by atoms with Gasteiger partial charge in [0.05, 0.1) is 6.61 Å². The maximum atomic E-state index is 11.4. The van der Waals surface area contributed by atoms with E-state index in [1.54, 1.807) is 7.11 Å². The SMILES string of the molecule is COCCc1ccccc1NC(=O)CCS. The van der Waals surface area contributed by atoms with Crippen LogP contribution in [0.3, 0.4) is 0 Å². The van der Waals surface area contributed by atoms with Crippen LogP contribution in [0.1, 0.15) is 12.0 Å². The molecule has 1 rings (SSSR count). The summed E-state index contributed by atoms with van der Waals surface area (Å²) in [6.45, 7) is 0.652. The molecule has 1 amide bonds. The summed E-state index contributed by atoms with van der Waals surface area (Å²) in [7, 11) is 1.67. The van der Waals surface area contributed by atoms with E-state index in [1.807, 2.05) is 24.3 Å². The van der Waals surface area contributed by atoms with Crippen LogP contribution in [0.15, 0.2) is 24.3 Å². The summed E-state index contributed by atoms with van der Waals surface area (Å²) in [5.41, 5.74) is 1.96. The van der Waals surface area contributed by atoms with Crippen molar-refractivity contribution in [2.75, 3.05) is 24.8 Å². The van der Waals surface area contributed by atoms with Crippen LogP contribution < -0.4 is 5.32 Å². The van der Waals surface area contributed by atoms with E-state index in [0.717, 1.165) is 17.7 Å². The van der Waals surface area contributed by atoms with Crippen molar-refractivity contribution < 1.29 is 9.53 Å². The summed E-state index contributed by atoms with van der Waals surface area (Å²) in [4.78, 5) is 11.4. The van der Waals surface area contributed by atoms with Gasteiger partial charge < -0.3 is 10.1 Å². The number of amides is 1. The zero-order valence-electron chi connectivity index (χ0n) is 9.40. The fourth-order valence-electron chi connectivity index (χ4n) is 1.39. The Bertz CT molecular complexity index is 342. The van der Waals surface area contributed by atoms with E-state index in [-0.39, 0.29) is 5.91 Å². The molecule has 0 unspecified atom stereocenters. The number of para-hydroxylation sites is 1. The van der Waals surface area contributed by atoms with Crippen LogP contribution in [-0.2, 0) is 16.0 Å². The van der Waals surface area contributed by atoms with E-state index in [9.17, 15) is 4.79 Å². The molecule has 16 heavy (non-hydrogen) atoms. The number of rotatable bonds is 6. The number of thiol groups is 1. The molecular weight excluding hydrogens is 222 g/mol. The van der Waals surface area contributed by atoms with Crippen molar-refractivity contribution in [1.29, 1.82) is 0 Å². The number of methoxy groups -OCH3 is 1. The number of nitrogens with one attached hydrogen (secondary N) is 1. The van der Waals surface area contributed by atoms with Gasteiger partial charge in [0.25, 0.3) is 0 Å². The molecule has 1 N–H and O–H groups in total. The summed E-state index contributed by atoms with van der Waals surface area (Å²) in [6.07, 6.45) is 1.23. The molecule has 3 nitrogen and oxygen atoms in total. The molecule has 88 valence electrons. The molecule has 0 aliphatic carbocycles.